The van der Waals surface area contributed by atoms with E-state index >= 15 is 0 Å². The molecular formula is C14H15NO4. The van der Waals surface area contributed by atoms with Crippen LogP contribution in [0.25, 0.3) is 0 Å². The van der Waals surface area contributed by atoms with Crippen molar-refractivity contribution in [2.75, 3.05) is 0 Å². The zero-order valence-corrected chi connectivity index (χ0v) is 10.7. The summed E-state index contributed by atoms with van der Waals surface area (Å²) in [5.74, 6) is -1.96. The lowest BCUT2D eigenvalue weighted by Crippen LogP contribution is -2.34. The van der Waals surface area contributed by atoms with Gasteiger partial charge in [0, 0.05) is 12.8 Å². The first-order valence-corrected chi connectivity index (χ1v) is 6.26. The molecule has 0 bridgehead atoms. The number of carbonyl (C=O) groups excluding carboxylic acids is 3. The third-order valence-corrected chi connectivity index (χ3v) is 3.08. The standard InChI is InChI=1S/C14H15NO4/c1-2-11(10-6-4-3-5-7-10)14(18)19-15-12(16)8-9-13(15)17/h3-7,11H,2,8-9H2,1H3/t11-/m0/s1. The SMILES string of the molecule is CC[C@H](C(=O)ON1C(=O)CCC1=O)c1ccccc1. The van der Waals surface area contributed by atoms with Crippen molar-refractivity contribution in [2.45, 2.75) is 32.1 Å². The molecule has 1 aromatic rings. The summed E-state index contributed by atoms with van der Waals surface area (Å²) in [7, 11) is 0. The Hall–Kier alpha value is -2.17. The zero-order chi connectivity index (χ0) is 13.8. The number of amides is 2. The Morgan fingerprint density at radius 2 is 1.79 bits per heavy atom. The van der Waals surface area contributed by atoms with Crippen molar-refractivity contribution in [3.8, 4) is 0 Å². The van der Waals surface area contributed by atoms with Crippen molar-refractivity contribution in [1.29, 1.82) is 0 Å². The van der Waals surface area contributed by atoms with Crippen molar-refractivity contribution in [3.05, 3.63) is 35.9 Å². The Morgan fingerprint density at radius 1 is 1.21 bits per heavy atom. The van der Waals surface area contributed by atoms with E-state index in [1.165, 1.54) is 0 Å². The highest BCUT2D eigenvalue weighted by atomic mass is 16.7. The first-order chi connectivity index (χ1) is 9.13. The van der Waals surface area contributed by atoms with Crippen LogP contribution in [0.5, 0.6) is 0 Å². The number of carbonyl (C=O) groups is 3. The van der Waals surface area contributed by atoms with Crippen molar-refractivity contribution < 1.29 is 19.2 Å². The van der Waals surface area contributed by atoms with Gasteiger partial charge < -0.3 is 4.84 Å². The maximum Gasteiger partial charge on any atom is 0.340 e. The number of hydrogen-bond donors (Lipinski definition) is 0. The molecule has 1 atom stereocenters. The Morgan fingerprint density at radius 3 is 2.32 bits per heavy atom. The average Bonchev–Trinajstić information content (AvgIpc) is 2.73. The second kappa shape index (κ2) is 5.65. The molecule has 2 rings (SSSR count). The highest BCUT2D eigenvalue weighted by Crippen LogP contribution is 2.23. The minimum Gasteiger partial charge on any atom is -0.330 e. The van der Waals surface area contributed by atoms with Crippen LogP contribution in [0.1, 0.15) is 37.7 Å². The first kappa shape index (κ1) is 13.3. The molecule has 0 spiro atoms. The van der Waals surface area contributed by atoms with Crippen LogP contribution in [-0.4, -0.2) is 22.8 Å². The molecule has 0 N–H and O–H groups in total. The van der Waals surface area contributed by atoms with Crippen LogP contribution >= 0.6 is 0 Å². The first-order valence-electron chi connectivity index (χ1n) is 6.26. The topological polar surface area (TPSA) is 63.7 Å². The Balaban J connectivity index is 2.10. The van der Waals surface area contributed by atoms with Gasteiger partial charge >= 0.3 is 5.97 Å². The number of hydroxylamine groups is 2. The van der Waals surface area contributed by atoms with Gasteiger partial charge in [-0.15, -0.1) is 5.06 Å². The molecule has 1 saturated heterocycles. The van der Waals surface area contributed by atoms with E-state index < -0.39 is 23.7 Å². The molecule has 0 unspecified atom stereocenters. The fraction of sp³-hybridized carbons (Fsp3) is 0.357. The summed E-state index contributed by atoms with van der Waals surface area (Å²) >= 11 is 0. The predicted molar refractivity (Wildman–Crippen MR) is 66.7 cm³/mol. The number of nitrogens with zero attached hydrogens (tertiary/aromatic N) is 1. The molecule has 0 radical (unpaired) electrons. The fourth-order valence-corrected chi connectivity index (χ4v) is 2.04. The molecule has 1 heterocycles. The highest BCUT2D eigenvalue weighted by molar-refractivity contribution is 6.01. The molecule has 1 aromatic carbocycles. The minimum absolute atomic E-state index is 0.105. The van der Waals surface area contributed by atoms with Crippen molar-refractivity contribution in [1.82, 2.24) is 5.06 Å². The molecular weight excluding hydrogens is 246 g/mol. The van der Waals surface area contributed by atoms with Crippen LogP contribution < -0.4 is 0 Å². The lowest BCUT2D eigenvalue weighted by Gasteiger charge is -2.18. The van der Waals surface area contributed by atoms with Crippen LogP contribution in [0.4, 0.5) is 0 Å². The van der Waals surface area contributed by atoms with E-state index in [0.29, 0.717) is 11.5 Å². The molecule has 0 aromatic heterocycles. The predicted octanol–water partition coefficient (Wildman–Crippen LogP) is 1.79. The Bertz CT molecular complexity index is 481. The normalized spacial score (nSPS) is 16.6. The van der Waals surface area contributed by atoms with Gasteiger partial charge in [0.05, 0.1) is 5.92 Å². The van der Waals surface area contributed by atoms with Crippen LogP contribution in [0.2, 0.25) is 0 Å². The fourth-order valence-electron chi connectivity index (χ4n) is 2.04. The Kier molecular flexibility index (Phi) is 3.94. The molecule has 1 aliphatic rings. The second-order valence-corrected chi connectivity index (χ2v) is 4.36. The van der Waals surface area contributed by atoms with Gasteiger partial charge in [-0.3, -0.25) is 9.59 Å². The molecule has 0 aliphatic carbocycles. The Labute approximate surface area is 111 Å². The van der Waals surface area contributed by atoms with Crippen molar-refractivity contribution >= 4 is 17.8 Å². The lowest BCUT2D eigenvalue weighted by atomic mass is 9.97. The summed E-state index contributed by atoms with van der Waals surface area (Å²) in [5.41, 5.74) is 0.814. The summed E-state index contributed by atoms with van der Waals surface area (Å²) in [6.07, 6.45) is 0.752. The third-order valence-electron chi connectivity index (χ3n) is 3.08. The van der Waals surface area contributed by atoms with Gasteiger partial charge in [0.2, 0.25) is 0 Å². The van der Waals surface area contributed by atoms with E-state index in [2.05, 4.69) is 0 Å². The number of benzene rings is 1. The molecule has 1 fully saturated rings. The maximum absolute atomic E-state index is 12.1. The molecule has 2 amide bonds. The van der Waals surface area contributed by atoms with E-state index in [-0.39, 0.29) is 12.8 Å². The number of imide groups is 1. The molecule has 0 saturated carbocycles. The lowest BCUT2D eigenvalue weighted by molar-refractivity contribution is -0.198. The average molecular weight is 261 g/mol. The van der Waals surface area contributed by atoms with Crippen LogP contribution in [0.15, 0.2) is 30.3 Å². The monoisotopic (exact) mass is 261 g/mol. The van der Waals surface area contributed by atoms with Gasteiger partial charge in [-0.05, 0) is 12.0 Å². The summed E-state index contributed by atoms with van der Waals surface area (Å²) < 4.78 is 0. The second-order valence-electron chi connectivity index (χ2n) is 4.36. The minimum atomic E-state index is -0.572. The number of hydrogen-bond acceptors (Lipinski definition) is 4. The van der Waals surface area contributed by atoms with Crippen LogP contribution in [0, 0.1) is 0 Å². The van der Waals surface area contributed by atoms with Gasteiger partial charge in [0.15, 0.2) is 0 Å². The molecule has 100 valence electrons. The van der Waals surface area contributed by atoms with Gasteiger partial charge in [0.25, 0.3) is 11.8 Å². The summed E-state index contributed by atoms with van der Waals surface area (Å²) in [6, 6.07) is 9.16. The third kappa shape index (κ3) is 2.81. The molecule has 5 nitrogen and oxygen atoms in total. The zero-order valence-electron chi connectivity index (χ0n) is 10.7. The van der Waals surface area contributed by atoms with Gasteiger partial charge in [0.1, 0.15) is 0 Å². The summed E-state index contributed by atoms with van der Waals surface area (Å²) in [5, 5.41) is 0.591. The largest absolute Gasteiger partial charge is 0.340 e. The van der Waals surface area contributed by atoms with Crippen molar-refractivity contribution in [3.63, 3.8) is 0 Å². The van der Waals surface area contributed by atoms with E-state index in [1.807, 2.05) is 37.3 Å². The van der Waals surface area contributed by atoms with E-state index in [1.54, 1.807) is 0 Å². The van der Waals surface area contributed by atoms with E-state index in [0.717, 1.165) is 5.56 Å². The highest BCUT2D eigenvalue weighted by Gasteiger charge is 2.34. The smallest absolute Gasteiger partial charge is 0.330 e. The molecule has 19 heavy (non-hydrogen) atoms. The van der Waals surface area contributed by atoms with Crippen molar-refractivity contribution in [2.24, 2.45) is 0 Å². The molecule has 5 heteroatoms. The van der Waals surface area contributed by atoms with Gasteiger partial charge in [-0.1, -0.05) is 37.3 Å². The van der Waals surface area contributed by atoms with Gasteiger partial charge in [-0.2, -0.15) is 0 Å². The maximum atomic E-state index is 12.1. The molecule has 1 aliphatic heterocycles. The van der Waals surface area contributed by atoms with E-state index in [9.17, 15) is 14.4 Å². The van der Waals surface area contributed by atoms with E-state index in [4.69, 9.17) is 4.84 Å². The van der Waals surface area contributed by atoms with Gasteiger partial charge in [-0.25, -0.2) is 4.79 Å². The quantitative estimate of drug-likeness (QED) is 0.775. The summed E-state index contributed by atoms with van der Waals surface area (Å²) in [6.45, 7) is 1.85. The summed E-state index contributed by atoms with van der Waals surface area (Å²) in [4.78, 5) is 39.8. The number of rotatable bonds is 4. The van der Waals surface area contributed by atoms with Crippen LogP contribution in [-0.2, 0) is 19.2 Å². The van der Waals surface area contributed by atoms with Crippen LogP contribution in [0.3, 0.4) is 0 Å².